The molecule has 0 amide bonds. The molecule has 1 atom stereocenters. The molecule has 2 aliphatic carbocycles. The summed E-state index contributed by atoms with van der Waals surface area (Å²) >= 11 is 0. The van der Waals surface area contributed by atoms with E-state index in [9.17, 15) is 0 Å². The molecule has 8 aromatic rings. The summed E-state index contributed by atoms with van der Waals surface area (Å²) < 4.78 is 2.73. The smallest absolute Gasteiger partial charge is 0.0754 e. The molecule has 4 aliphatic rings. The fourth-order valence-corrected chi connectivity index (χ4v) is 11.3. The van der Waals surface area contributed by atoms with Crippen LogP contribution in [0.1, 0.15) is 87.4 Å². The number of nitrogens with zero attached hydrogens (tertiary/aromatic N) is 1. The lowest BCUT2D eigenvalue weighted by molar-refractivity contribution is 0.680. The highest BCUT2D eigenvalue weighted by Crippen LogP contribution is 2.67. The van der Waals surface area contributed by atoms with Crippen LogP contribution in [0.15, 0.2) is 133 Å². The minimum absolute atomic E-state index is 0.405. The first-order valence-electron chi connectivity index (χ1n) is 18.7. The van der Waals surface area contributed by atoms with Gasteiger partial charge in [-0.15, -0.1) is 0 Å². The minimum atomic E-state index is -0.458. The highest BCUT2D eigenvalue weighted by Gasteiger charge is 2.57. The quantitative estimate of drug-likeness (QED) is 0.175. The van der Waals surface area contributed by atoms with Crippen molar-refractivity contribution in [3.63, 3.8) is 0 Å². The fourth-order valence-electron chi connectivity index (χ4n) is 11.3. The lowest BCUT2D eigenvalue weighted by atomic mass is 9.59. The van der Waals surface area contributed by atoms with Gasteiger partial charge in [0.05, 0.1) is 27.6 Å². The second-order valence-corrected chi connectivity index (χ2v) is 15.7. The van der Waals surface area contributed by atoms with Crippen LogP contribution in [0, 0.1) is 13.8 Å². The molecule has 0 saturated heterocycles. The molecule has 51 heavy (non-hydrogen) atoms. The first-order valence-corrected chi connectivity index (χ1v) is 18.7. The highest BCUT2D eigenvalue weighted by molar-refractivity contribution is 6.16. The van der Waals surface area contributed by atoms with Crippen LogP contribution in [0.3, 0.4) is 0 Å². The number of aromatic nitrogens is 1. The zero-order chi connectivity index (χ0) is 34.0. The van der Waals surface area contributed by atoms with Crippen molar-refractivity contribution in [1.82, 2.24) is 4.57 Å². The zero-order valence-corrected chi connectivity index (χ0v) is 29.4. The molecule has 2 spiro atoms. The molecule has 1 unspecified atom stereocenters. The normalized spacial score (nSPS) is 16.2. The van der Waals surface area contributed by atoms with Crippen LogP contribution in [0.2, 0.25) is 0 Å². The summed E-state index contributed by atoms with van der Waals surface area (Å²) in [4.78, 5) is 0. The van der Waals surface area contributed by atoms with Gasteiger partial charge in [-0.25, -0.2) is 0 Å². The zero-order valence-electron chi connectivity index (χ0n) is 29.4. The van der Waals surface area contributed by atoms with Crippen molar-refractivity contribution in [1.29, 1.82) is 0 Å². The first kappa shape index (κ1) is 28.1. The van der Waals surface area contributed by atoms with E-state index in [-0.39, 0.29) is 0 Å². The Hall–Kier alpha value is -5.66. The average Bonchev–Trinajstić information content (AvgIpc) is 3.76. The van der Waals surface area contributed by atoms with Crippen LogP contribution >= 0.6 is 0 Å². The second-order valence-electron chi connectivity index (χ2n) is 15.7. The third-order valence-corrected chi connectivity index (χ3v) is 13.3. The van der Waals surface area contributed by atoms with Gasteiger partial charge in [0, 0.05) is 10.8 Å². The van der Waals surface area contributed by atoms with Gasteiger partial charge < -0.3 is 4.57 Å². The maximum atomic E-state index is 2.73. The molecule has 0 N–H and O–H groups in total. The van der Waals surface area contributed by atoms with E-state index >= 15 is 0 Å². The summed E-state index contributed by atoms with van der Waals surface area (Å²) in [6, 6.07) is 52.4. The maximum absolute atomic E-state index is 2.73. The average molecular weight is 652 g/mol. The summed E-state index contributed by atoms with van der Waals surface area (Å²) in [6.07, 6.45) is 1.09. The van der Waals surface area contributed by atoms with E-state index in [1.165, 1.54) is 111 Å². The lowest BCUT2D eigenvalue weighted by Gasteiger charge is -2.46. The monoisotopic (exact) mass is 651 g/mol. The number of hydrogen-bond acceptors (Lipinski definition) is 0. The first-order chi connectivity index (χ1) is 25.0. The molecule has 12 rings (SSSR count). The van der Waals surface area contributed by atoms with E-state index in [1.54, 1.807) is 0 Å². The molecule has 1 heteroatoms. The van der Waals surface area contributed by atoms with Crippen LogP contribution in [-0.2, 0) is 10.8 Å². The Labute approximate surface area is 298 Å². The summed E-state index contributed by atoms with van der Waals surface area (Å²) in [5.74, 6) is 0.405. The predicted molar refractivity (Wildman–Crippen MR) is 211 cm³/mol. The standard InChI is InChI=1S/C50H37N/c1-5-30(4)31-26-44-48-45(27-31)50(40-20-12-8-16-34(40)35-17-9-13-21-41(35)50)43-25-29(3)23-37-36-22-28(2)24-42(46(36)51(48)47(37)43)49(44)38-18-10-6-14-32(38)33-15-7-11-19-39(33)49/h6-27,30H,5H2,1-4H3. The minimum Gasteiger partial charge on any atom is -0.308 e. The Morgan fingerprint density at radius 3 is 1.22 bits per heavy atom. The van der Waals surface area contributed by atoms with Crippen LogP contribution in [0.5, 0.6) is 0 Å². The molecular formula is C50H37N. The van der Waals surface area contributed by atoms with Gasteiger partial charge in [-0.3, -0.25) is 0 Å². The fraction of sp³-hybridized carbons (Fsp3) is 0.160. The Kier molecular flexibility index (Phi) is 5.05. The van der Waals surface area contributed by atoms with Crippen LogP contribution in [0.4, 0.5) is 0 Å². The highest BCUT2D eigenvalue weighted by atomic mass is 15.0. The molecule has 1 aromatic heterocycles. The third kappa shape index (κ3) is 2.94. The lowest BCUT2D eigenvalue weighted by Crippen LogP contribution is -2.40. The van der Waals surface area contributed by atoms with E-state index < -0.39 is 10.8 Å². The molecule has 0 radical (unpaired) electrons. The van der Waals surface area contributed by atoms with E-state index in [2.05, 4.69) is 166 Å². The van der Waals surface area contributed by atoms with Gasteiger partial charge in [0.15, 0.2) is 0 Å². The number of rotatable bonds is 2. The molecule has 0 saturated carbocycles. The molecule has 7 aromatic carbocycles. The Bertz CT molecular complexity index is 2620. The predicted octanol–water partition coefficient (Wildman–Crippen LogP) is 12.3. The van der Waals surface area contributed by atoms with Crippen molar-refractivity contribution in [2.75, 3.05) is 0 Å². The molecule has 2 aliphatic heterocycles. The second kappa shape index (κ2) is 9.16. The van der Waals surface area contributed by atoms with Crippen LogP contribution in [-0.4, -0.2) is 4.57 Å². The van der Waals surface area contributed by atoms with Gasteiger partial charge in [-0.05, 0) is 111 Å². The van der Waals surface area contributed by atoms with E-state index in [1.807, 2.05) is 0 Å². The summed E-state index contributed by atoms with van der Waals surface area (Å²) in [5.41, 5.74) is 24.0. The van der Waals surface area contributed by atoms with Crippen molar-refractivity contribution in [3.05, 3.63) is 195 Å². The number of aryl methyl sites for hydroxylation is 2. The molecule has 3 heterocycles. The van der Waals surface area contributed by atoms with Crippen LogP contribution in [0.25, 0.3) is 49.7 Å². The molecule has 242 valence electrons. The van der Waals surface area contributed by atoms with Crippen molar-refractivity contribution in [2.45, 2.75) is 50.9 Å². The largest absolute Gasteiger partial charge is 0.308 e. The van der Waals surface area contributed by atoms with Gasteiger partial charge in [-0.1, -0.05) is 146 Å². The van der Waals surface area contributed by atoms with Crippen molar-refractivity contribution in [3.8, 4) is 27.9 Å². The van der Waals surface area contributed by atoms with Gasteiger partial charge in [0.25, 0.3) is 0 Å². The van der Waals surface area contributed by atoms with Gasteiger partial charge in [-0.2, -0.15) is 0 Å². The van der Waals surface area contributed by atoms with Crippen LogP contribution < -0.4 is 0 Å². The topological polar surface area (TPSA) is 4.93 Å². The van der Waals surface area contributed by atoms with Crippen molar-refractivity contribution < 1.29 is 0 Å². The number of hydrogen-bond donors (Lipinski definition) is 0. The number of benzene rings is 7. The van der Waals surface area contributed by atoms with Gasteiger partial charge in [0.2, 0.25) is 0 Å². The molecular weight excluding hydrogens is 615 g/mol. The maximum Gasteiger partial charge on any atom is 0.0754 e. The number of fused-ring (bicyclic) bond motifs is 15. The van der Waals surface area contributed by atoms with E-state index in [4.69, 9.17) is 0 Å². The summed E-state index contributed by atoms with van der Waals surface area (Å²) in [5, 5.41) is 2.73. The van der Waals surface area contributed by atoms with Crippen molar-refractivity contribution >= 4 is 21.8 Å². The Morgan fingerprint density at radius 1 is 0.471 bits per heavy atom. The molecule has 0 fully saturated rings. The summed E-state index contributed by atoms with van der Waals surface area (Å²) in [6.45, 7) is 9.38. The van der Waals surface area contributed by atoms with E-state index in [0.29, 0.717) is 5.92 Å². The Balaban J connectivity index is 1.43. The van der Waals surface area contributed by atoms with Gasteiger partial charge in [0.1, 0.15) is 0 Å². The summed E-state index contributed by atoms with van der Waals surface area (Å²) in [7, 11) is 0. The van der Waals surface area contributed by atoms with Crippen molar-refractivity contribution in [2.24, 2.45) is 0 Å². The molecule has 0 bridgehead atoms. The van der Waals surface area contributed by atoms with E-state index in [0.717, 1.165) is 6.42 Å². The third-order valence-electron chi connectivity index (χ3n) is 13.3. The Morgan fingerprint density at radius 2 is 0.843 bits per heavy atom. The SMILES string of the molecule is CCC(C)c1cc2c3c(c1)C1(c4ccccc4-c4ccccc41)c1cc(C)cc4c5cc(C)cc(c5n-3c14)C21c2ccccc2-c2ccccc21. The molecule has 1 nitrogen and oxygen atoms in total. The van der Waals surface area contributed by atoms with Gasteiger partial charge >= 0.3 is 0 Å².